The Kier molecular flexibility index (Phi) is 5.04. The van der Waals surface area contributed by atoms with Crippen molar-refractivity contribution >= 4 is 17.2 Å². The largest absolute Gasteiger partial charge is 0.329 e. The van der Waals surface area contributed by atoms with Crippen LogP contribution in [0.4, 0.5) is 0 Å². The molecule has 0 atom stereocenters. The average molecular weight is 333 g/mol. The summed E-state index contributed by atoms with van der Waals surface area (Å²) in [6.45, 7) is 10.2. The second kappa shape index (κ2) is 6.66. The van der Waals surface area contributed by atoms with Crippen LogP contribution in [0.15, 0.2) is 27.8 Å². The maximum Gasteiger partial charge on any atom is 0.263 e. The number of nitrogens with one attached hydrogen (secondary N) is 1. The third kappa shape index (κ3) is 4.07. The Morgan fingerprint density at radius 3 is 2.57 bits per heavy atom. The number of aromatic nitrogens is 2. The van der Waals surface area contributed by atoms with Crippen molar-refractivity contribution in [2.45, 2.75) is 52.6 Å². The summed E-state index contributed by atoms with van der Waals surface area (Å²) in [6.07, 6.45) is 1.39. The molecule has 0 spiro atoms. The van der Waals surface area contributed by atoms with Crippen LogP contribution in [0.2, 0.25) is 0 Å². The number of aromatic amines is 1. The molecule has 0 saturated heterocycles. The van der Waals surface area contributed by atoms with E-state index in [1.54, 1.807) is 16.2 Å². The first-order chi connectivity index (χ1) is 10.7. The molecule has 124 valence electrons. The highest BCUT2D eigenvalue weighted by atomic mass is 32.1. The second-order valence-electron chi connectivity index (χ2n) is 6.86. The van der Waals surface area contributed by atoms with Crippen molar-refractivity contribution in [2.24, 2.45) is 0 Å². The van der Waals surface area contributed by atoms with Crippen LogP contribution in [-0.4, -0.2) is 26.3 Å². The van der Waals surface area contributed by atoms with E-state index in [0.29, 0.717) is 12.4 Å². The van der Waals surface area contributed by atoms with Gasteiger partial charge in [0.25, 0.3) is 11.5 Å². The summed E-state index contributed by atoms with van der Waals surface area (Å²) in [5.74, 6) is 0.399. The standard InChI is InChI=1S/C17H23N3O2S/c1-11(2)14-18-8-13(15(21)19-14)16(22)20(17(3,4)5)9-12-6-7-23-10-12/h6-8,10-11H,9H2,1-5H3,(H,18,19,21). The third-order valence-corrected chi connectivity index (χ3v) is 4.30. The van der Waals surface area contributed by atoms with Gasteiger partial charge in [0, 0.05) is 24.2 Å². The van der Waals surface area contributed by atoms with Crippen LogP contribution >= 0.6 is 11.3 Å². The molecule has 0 aliphatic rings. The molecule has 2 rings (SSSR count). The number of carbonyl (C=O) groups is 1. The number of hydrogen-bond acceptors (Lipinski definition) is 4. The SMILES string of the molecule is CC(C)c1ncc(C(=O)N(Cc2ccsc2)C(C)(C)C)c(=O)[nH]1. The van der Waals surface area contributed by atoms with Crippen molar-refractivity contribution in [3.8, 4) is 0 Å². The molecular weight excluding hydrogens is 310 g/mol. The number of rotatable bonds is 4. The smallest absolute Gasteiger partial charge is 0.263 e. The summed E-state index contributed by atoms with van der Waals surface area (Å²) in [4.78, 5) is 33.8. The van der Waals surface area contributed by atoms with E-state index < -0.39 is 5.54 Å². The van der Waals surface area contributed by atoms with E-state index in [1.807, 2.05) is 51.4 Å². The van der Waals surface area contributed by atoms with Gasteiger partial charge in [-0.05, 0) is 43.2 Å². The lowest BCUT2D eigenvalue weighted by molar-refractivity contribution is 0.0557. The summed E-state index contributed by atoms with van der Waals surface area (Å²) < 4.78 is 0. The van der Waals surface area contributed by atoms with E-state index in [4.69, 9.17) is 0 Å². The van der Waals surface area contributed by atoms with Gasteiger partial charge in [-0.2, -0.15) is 11.3 Å². The predicted molar refractivity (Wildman–Crippen MR) is 92.9 cm³/mol. The molecule has 23 heavy (non-hydrogen) atoms. The molecule has 6 heteroatoms. The second-order valence-corrected chi connectivity index (χ2v) is 7.64. The Labute approximate surface area is 140 Å². The minimum Gasteiger partial charge on any atom is -0.329 e. The zero-order valence-corrected chi connectivity index (χ0v) is 15.0. The van der Waals surface area contributed by atoms with E-state index in [0.717, 1.165) is 5.56 Å². The first kappa shape index (κ1) is 17.4. The summed E-state index contributed by atoms with van der Waals surface area (Å²) in [6, 6.07) is 1.99. The van der Waals surface area contributed by atoms with E-state index in [-0.39, 0.29) is 22.9 Å². The van der Waals surface area contributed by atoms with Gasteiger partial charge in [0.15, 0.2) is 0 Å². The van der Waals surface area contributed by atoms with Crippen molar-refractivity contribution in [3.63, 3.8) is 0 Å². The molecule has 0 bridgehead atoms. The molecule has 0 aliphatic heterocycles. The van der Waals surface area contributed by atoms with Gasteiger partial charge in [-0.25, -0.2) is 4.98 Å². The van der Waals surface area contributed by atoms with Crippen molar-refractivity contribution in [3.05, 3.63) is 50.3 Å². The number of thiophene rings is 1. The number of hydrogen-bond donors (Lipinski definition) is 1. The lowest BCUT2D eigenvalue weighted by Gasteiger charge is -2.35. The van der Waals surface area contributed by atoms with Crippen molar-refractivity contribution in [1.29, 1.82) is 0 Å². The van der Waals surface area contributed by atoms with Crippen LogP contribution in [0.25, 0.3) is 0 Å². The molecule has 0 fully saturated rings. The molecule has 0 unspecified atom stereocenters. The summed E-state index contributed by atoms with van der Waals surface area (Å²) in [5.41, 5.74) is 0.358. The summed E-state index contributed by atoms with van der Waals surface area (Å²) in [7, 11) is 0. The summed E-state index contributed by atoms with van der Waals surface area (Å²) >= 11 is 1.59. The zero-order valence-electron chi connectivity index (χ0n) is 14.2. The van der Waals surface area contributed by atoms with Crippen molar-refractivity contribution in [1.82, 2.24) is 14.9 Å². The maximum absolute atomic E-state index is 12.9. The molecule has 5 nitrogen and oxygen atoms in total. The molecule has 1 amide bonds. The lowest BCUT2D eigenvalue weighted by atomic mass is 10.0. The Hall–Kier alpha value is -1.95. The van der Waals surface area contributed by atoms with Crippen LogP contribution < -0.4 is 5.56 Å². The lowest BCUT2D eigenvalue weighted by Crippen LogP contribution is -2.46. The number of nitrogens with zero attached hydrogens (tertiary/aromatic N) is 2. The van der Waals surface area contributed by atoms with Gasteiger partial charge in [-0.3, -0.25) is 9.59 Å². The fraction of sp³-hybridized carbons (Fsp3) is 0.471. The molecular formula is C17H23N3O2S. The minimum atomic E-state index is -0.401. The fourth-order valence-electron chi connectivity index (χ4n) is 2.18. The molecule has 0 radical (unpaired) electrons. The average Bonchev–Trinajstić information content (AvgIpc) is 2.95. The van der Waals surface area contributed by atoms with Crippen molar-refractivity contribution in [2.75, 3.05) is 0 Å². The maximum atomic E-state index is 12.9. The first-order valence-electron chi connectivity index (χ1n) is 7.62. The molecule has 2 heterocycles. The number of H-pyrrole nitrogens is 1. The van der Waals surface area contributed by atoms with Gasteiger partial charge in [-0.15, -0.1) is 0 Å². The predicted octanol–water partition coefficient (Wildman–Crippen LogP) is 3.40. The van der Waals surface area contributed by atoms with Gasteiger partial charge < -0.3 is 9.88 Å². The van der Waals surface area contributed by atoms with E-state index in [2.05, 4.69) is 9.97 Å². The fourth-order valence-corrected chi connectivity index (χ4v) is 2.84. The number of carbonyl (C=O) groups excluding carboxylic acids is 1. The first-order valence-corrected chi connectivity index (χ1v) is 8.56. The highest BCUT2D eigenvalue weighted by molar-refractivity contribution is 7.07. The molecule has 1 N–H and O–H groups in total. The van der Waals surface area contributed by atoms with Crippen LogP contribution in [0.1, 0.15) is 62.3 Å². The van der Waals surface area contributed by atoms with Gasteiger partial charge in [0.2, 0.25) is 0 Å². The van der Waals surface area contributed by atoms with E-state index >= 15 is 0 Å². The minimum absolute atomic E-state index is 0.0829. The van der Waals surface area contributed by atoms with Crippen molar-refractivity contribution < 1.29 is 4.79 Å². The molecule has 2 aromatic rings. The summed E-state index contributed by atoms with van der Waals surface area (Å²) in [5, 5.41) is 3.99. The molecule has 0 aromatic carbocycles. The Balaban J connectivity index is 2.36. The Morgan fingerprint density at radius 1 is 1.39 bits per heavy atom. The van der Waals surface area contributed by atoms with Crippen LogP contribution in [0.3, 0.4) is 0 Å². The van der Waals surface area contributed by atoms with Crippen LogP contribution in [0.5, 0.6) is 0 Å². The van der Waals surface area contributed by atoms with Crippen LogP contribution in [0, 0.1) is 0 Å². The van der Waals surface area contributed by atoms with Gasteiger partial charge in [0.05, 0.1) is 0 Å². The quantitative estimate of drug-likeness (QED) is 0.932. The van der Waals surface area contributed by atoms with Crippen LogP contribution in [-0.2, 0) is 6.54 Å². The van der Waals surface area contributed by atoms with Gasteiger partial charge in [-0.1, -0.05) is 13.8 Å². The van der Waals surface area contributed by atoms with Gasteiger partial charge >= 0.3 is 0 Å². The Morgan fingerprint density at radius 2 is 2.09 bits per heavy atom. The third-order valence-electron chi connectivity index (χ3n) is 3.57. The molecule has 2 aromatic heterocycles. The normalized spacial score (nSPS) is 11.7. The topological polar surface area (TPSA) is 66.1 Å². The van der Waals surface area contributed by atoms with Gasteiger partial charge in [0.1, 0.15) is 11.4 Å². The molecule has 0 aliphatic carbocycles. The highest BCUT2D eigenvalue weighted by Gasteiger charge is 2.29. The zero-order chi connectivity index (χ0) is 17.2. The monoisotopic (exact) mass is 333 g/mol. The Bertz CT molecular complexity index is 727. The van der Waals surface area contributed by atoms with E-state index in [1.165, 1.54) is 6.20 Å². The molecule has 0 saturated carbocycles. The number of amides is 1. The van der Waals surface area contributed by atoms with E-state index in [9.17, 15) is 9.59 Å². The highest BCUT2D eigenvalue weighted by Crippen LogP contribution is 2.21.